The van der Waals surface area contributed by atoms with Crippen LogP contribution in [0.1, 0.15) is 23.6 Å². The molecule has 3 aromatic rings. The number of ether oxygens (including phenoxy) is 1. The van der Waals surface area contributed by atoms with E-state index < -0.39 is 41.7 Å². The van der Waals surface area contributed by atoms with Gasteiger partial charge in [0.2, 0.25) is 0 Å². The Bertz CT molecular complexity index is 1560. The van der Waals surface area contributed by atoms with Gasteiger partial charge in [-0.1, -0.05) is 47.2 Å². The van der Waals surface area contributed by atoms with Crippen molar-refractivity contribution in [2.75, 3.05) is 18.6 Å². The normalized spacial score (nSPS) is 21.7. The van der Waals surface area contributed by atoms with Gasteiger partial charge in [0.15, 0.2) is 12.1 Å². The van der Waals surface area contributed by atoms with Crippen LogP contribution in [0, 0.1) is 5.82 Å². The molecule has 1 saturated heterocycles. The van der Waals surface area contributed by atoms with Crippen molar-refractivity contribution in [3.63, 3.8) is 0 Å². The third kappa shape index (κ3) is 4.47. The SMILES string of the molecule is COc1ccc(C2CC(c3ccc(Cl)cc3)=NN2C(=O)CN2N=NC3C(=O)N(c4cccc(F)c4)C(=O)C32)cc1. The fourth-order valence-electron chi connectivity index (χ4n) is 5.08. The molecule has 0 spiro atoms. The summed E-state index contributed by atoms with van der Waals surface area (Å²) in [4.78, 5) is 40.8. The van der Waals surface area contributed by atoms with E-state index in [1.54, 1.807) is 31.4 Å². The second-order valence-electron chi connectivity index (χ2n) is 9.47. The standard InChI is InChI=1S/C28H22ClFN6O4/c1-40-21-11-7-17(8-12-21)23-14-22(16-5-9-18(29)10-6-16)32-36(23)24(37)15-34-26-25(31-33-34)27(38)35(28(26)39)20-4-2-3-19(30)13-20/h2-13,23,25-26H,14-15H2,1H3. The van der Waals surface area contributed by atoms with E-state index >= 15 is 0 Å². The summed E-state index contributed by atoms with van der Waals surface area (Å²) in [6.07, 6.45) is 0.442. The monoisotopic (exact) mass is 560 g/mol. The first-order chi connectivity index (χ1) is 19.3. The number of carbonyl (C=O) groups is 3. The van der Waals surface area contributed by atoms with Crippen molar-refractivity contribution in [3.05, 3.63) is 94.8 Å². The maximum Gasteiger partial charge on any atom is 0.264 e. The first kappa shape index (κ1) is 25.6. The largest absolute Gasteiger partial charge is 0.497 e. The van der Waals surface area contributed by atoms with Crippen molar-refractivity contribution in [2.45, 2.75) is 24.5 Å². The van der Waals surface area contributed by atoms with Gasteiger partial charge in [-0.05, 0) is 53.6 Å². The molecule has 10 nitrogen and oxygen atoms in total. The molecule has 6 rings (SSSR count). The highest BCUT2D eigenvalue weighted by atomic mass is 35.5. The maximum atomic E-state index is 13.8. The van der Waals surface area contributed by atoms with Gasteiger partial charge in [0.25, 0.3) is 17.7 Å². The summed E-state index contributed by atoms with van der Waals surface area (Å²) in [5.74, 6) is -1.60. The number of benzene rings is 3. The number of nitrogens with zero attached hydrogens (tertiary/aromatic N) is 6. The minimum absolute atomic E-state index is 0.0993. The summed E-state index contributed by atoms with van der Waals surface area (Å²) in [5, 5.41) is 15.7. The predicted molar refractivity (Wildman–Crippen MR) is 143 cm³/mol. The van der Waals surface area contributed by atoms with Crippen LogP contribution in [0.2, 0.25) is 5.02 Å². The quantitative estimate of drug-likeness (QED) is 0.421. The van der Waals surface area contributed by atoms with Crippen LogP contribution in [0.4, 0.5) is 10.1 Å². The molecule has 1 fully saturated rings. The minimum atomic E-state index is -1.12. The lowest BCUT2D eigenvalue weighted by Crippen LogP contribution is -2.44. The lowest BCUT2D eigenvalue weighted by molar-refractivity contribution is -0.135. The molecule has 0 aliphatic carbocycles. The molecule has 0 radical (unpaired) electrons. The average Bonchev–Trinajstić information content (AvgIpc) is 3.64. The van der Waals surface area contributed by atoms with Crippen LogP contribution >= 0.6 is 11.6 Å². The van der Waals surface area contributed by atoms with Crippen LogP contribution in [-0.4, -0.2) is 59.2 Å². The predicted octanol–water partition coefficient (Wildman–Crippen LogP) is 4.16. The number of anilines is 1. The molecule has 0 N–H and O–H groups in total. The van der Waals surface area contributed by atoms with E-state index in [0.29, 0.717) is 22.9 Å². The maximum absolute atomic E-state index is 13.8. The third-order valence-corrected chi connectivity index (χ3v) is 7.32. The zero-order valence-electron chi connectivity index (χ0n) is 21.1. The molecular formula is C28H22ClFN6O4. The van der Waals surface area contributed by atoms with Crippen LogP contribution in [0.25, 0.3) is 0 Å². The van der Waals surface area contributed by atoms with Gasteiger partial charge in [0.05, 0.1) is 24.6 Å². The number of rotatable bonds is 6. The van der Waals surface area contributed by atoms with Crippen molar-refractivity contribution in [3.8, 4) is 5.75 Å². The van der Waals surface area contributed by atoms with Gasteiger partial charge in [0, 0.05) is 11.4 Å². The minimum Gasteiger partial charge on any atom is -0.497 e. The molecule has 3 aliphatic rings. The van der Waals surface area contributed by atoms with E-state index in [-0.39, 0.29) is 12.2 Å². The fourth-order valence-corrected chi connectivity index (χ4v) is 5.20. The van der Waals surface area contributed by atoms with Crippen molar-refractivity contribution in [1.29, 1.82) is 0 Å². The number of methoxy groups -OCH3 is 1. The molecule has 0 saturated carbocycles. The molecule has 12 heteroatoms. The van der Waals surface area contributed by atoms with Gasteiger partial charge >= 0.3 is 0 Å². The Morgan fingerprint density at radius 3 is 2.50 bits per heavy atom. The summed E-state index contributed by atoms with van der Waals surface area (Å²) in [6, 6.07) is 17.1. The second kappa shape index (κ2) is 10.2. The molecule has 0 bridgehead atoms. The van der Waals surface area contributed by atoms with E-state index in [9.17, 15) is 18.8 Å². The Morgan fingerprint density at radius 1 is 1.05 bits per heavy atom. The van der Waals surface area contributed by atoms with Crippen LogP contribution in [0.3, 0.4) is 0 Å². The smallest absolute Gasteiger partial charge is 0.264 e. The third-order valence-electron chi connectivity index (χ3n) is 7.07. The second-order valence-corrected chi connectivity index (χ2v) is 9.91. The Kier molecular flexibility index (Phi) is 6.51. The topological polar surface area (TPSA) is 107 Å². The van der Waals surface area contributed by atoms with Crippen LogP contribution in [0.15, 0.2) is 88.2 Å². The van der Waals surface area contributed by atoms with Gasteiger partial charge in [-0.3, -0.25) is 19.4 Å². The number of hydrogen-bond donors (Lipinski definition) is 0. The van der Waals surface area contributed by atoms with E-state index in [1.807, 2.05) is 24.3 Å². The molecule has 202 valence electrons. The zero-order chi connectivity index (χ0) is 28.0. The van der Waals surface area contributed by atoms with Gasteiger partial charge < -0.3 is 4.74 Å². The van der Waals surface area contributed by atoms with Crippen LogP contribution in [-0.2, 0) is 14.4 Å². The van der Waals surface area contributed by atoms with E-state index in [2.05, 4.69) is 15.4 Å². The van der Waals surface area contributed by atoms with E-state index in [1.165, 1.54) is 28.2 Å². The lowest BCUT2D eigenvalue weighted by Gasteiger charge is -2.25. The Morgan fingerprint density at radius 2 is 1.80 bits per heavy atom. The molecule has 40 heavy (non-hydrogen) atoms. The Hall–Kier alpha value is -4.64. The highest BCUT2D eigenvalue weighted by Gasteiger charge is 2.55. The van der Waals surface area contributed by atoms with Gasteiger partial charge in [-0.2, -0.15) is 10.2 Å². The van der Waals surface area contributed by atoms with Crippen molar-refractivity contribution >= 4 is 40.7 Å². The van der Waals surface area contributed by atoms with Crippen molar-refractivity contribution < 1.29 is 23.5 Å². The molecule has 3 aliphatic heterocycles. The molecule has 3 aromatic carbocycles. The number of hydrogen-bond acceptors (Lipinski definition) is 8. The molecular weight excluding hydrogens is 539 g/mol. The number of fused-ring (bicyclic) bond motifs is 1. The highest BCUT2D eigenvalue weighted by Crippen LogP contribution is 2.36. The molecule has 0 aromatic heterocycles. The number of carbonyl (C=O) groups excluding carboxylic acids is 3. The summed E-state index contributed by atoms with van der Waals surface area (Å²) in [6.45, 7) is -0.343. The highest BCUT2D eigenvalue weighted by molar-refractivity contribution is 6.30. The molecule has 3 amide bonds. The average molecular weight is 561 g/mol. The van der Waals surface area contributed by atoms with Crippen LogP contribution < -0.4 is 9.64 Å². The van der Waals surface area contributed by atoms with Gasteiger partial charge in [-0.15, -0.1) is 0 Å². The summed E-state index contributed by atoms with van der Waals surface area (Å²) < 4.78 is 19.1. The van der Waals surface area contributed by atoms with E-state index in [4.69, 9.17) is 16.3 Å². The van der Waals surface area contributed by atoms with Crippen molar-refractivity contribution in [2.24, 2.45) is 15.4 Å². The summed E-state index contributed by atoms with van der Waals surface area (Å²) in [7, 11) is 1.57. The molecule has 3 unspecified atom stereocenters. The van der Waals surface area contributed by atoms with Gasteiger partial charge in [0.1, 0.15) is 18.1 Å². The fraction of sp³-hybridized carbons (Fsp3) is 0.214. The van der Waals surface area contributed by atoms with Gasteiger partial charge in [-0.25, -0.2) is 14.3 Å². The van der Waals surface area contributed by atoms with Crippen molar-refractivity contribution in [1.82, 2.24) is 10.0 Å². The number of hydrazone groups is 1. The number of imide groups is 1. The number of halogens is 2. The summed E-state index contributed by atoms with van der Waals surface area (Å²) in [5.41, 5.74) is 2.45. The first-order valence-electron chi connectivity index (χ1n) is 12.4. The summed E-state index contributed by atoms with van der Waals surface area (Å²) >= 11 is 6.05. The van der Waals surface area contributed by atoms with Crippen LogP contribution in [0.5, 0.6) is 5.75 Å². The molecule has 3 heterocycles. The van der Waals surface area contributed by atoms with E-state index in [0.717, 1.165) is 22.1 Å². The lowest BCUT2D eigenvalue weighted by atomic mass is 9.98. The zero-order valence-corrected chi connectivity index (χ0v) is 21.9. The number of amides is 3. The first-order valence-corrected chi connectivity index (χ1v) is 12.8. The molecule has 3 atom stereocenters. The Balaban J connectivity index is 1.26. The Labute approximate surface area is 233 Å².